The topological polar surface area (TPSA) is 21.6 Å². The minimum absolute atomic E-state index is 0. The number of ether oxygens (including phenoxy) is 1. The minimum atomic E-state index is -6.13. The van der Waals surface area contributed by atoms with E-state index in [0.29, 0.717) is 6.61 Å². The second-order valence-electron chi connectivity index (χ2n) is 23.4. The monoisotopic (exact) mass is 1610 g/mol. The predicted molar refractivity (Wildman–Crippen MR) is 326 cm³/mol. The molecule has 1 spiro atoms. The van der Waals surface area contributed by atoms with Gasteiger partial charge in [0, 0.05) is 31.1 Å². The number of aliphatic imine (C=N–C) groups is 1. The molecule has 99 heavy (non-hydrogen) atoms. The van der Waals surface area contributed by atoms with E-state index < -0.39 is 203 Å². The summed E-state index contributed by atoms with van der Waals surface area (Å²) in [5.74, 6) is 0.880. The molecule has 0 saturated heterocycles. The first-order valence-electron chi connectivity index (χ1n) is 29.8. The van der Waals surface area contributed by atoms with Crippen LogP contribution in [0.1, 0.15) is 107 Å². The first-order chi connectivity index (χ1) is 45.6. The summed E-state index contributed by atoms with van der Waals surface area (Å²) in [5, 5.41) is 4.44. The summed E-state index contributed by atoms with van der Waals surface area (Å²) in [6.45, 7) is 0.637. The van der Waals surface area contributed by atoms with Gasteiger partial charge >= 0.3 is 49.4 Å². The Hall–Kier alpha value is -7.57. The van der Waals surface area contributed by atoms with Gasteiger partial charge in [0.25, 0.3) is 0 Å². The molecule has 4 aliphatic rings. The first kappa shape index (κ1) is 77.2. The summed E-state index contributed by atoms with van der Waals surface area (Å²) in [4.78, 5) is 5.10. The van der Waals surface area contributed by atoms with E-state index in [-0.39, 0.29) is 31.6 Å². The van der Waals surface area contributed by atoms with Crippen molar-refractivity contribution in [3.63, 3.8) is 0 Å². The molecule has 1 radical (unpaired) electrons. The average Bonchev–Trinajstić information content (AvgIpc) is 1.42. The molecular weight excluding hydrogens is 1560 g/mol. The quantitative estimate of drug-likeness (QED) is 0.0611. The van der Waals surface area contributed by atoms with Gasteiger partial charge in [-0.3, -0.25) is 0 Å². The molecule has 3 aliphatic carbocycles. The zero-order valence-corrected chi connectivity index (χ0v) is 54.1. The molecule has 11 rings (SSSR count). The number of halogens is 24. The minimum Gasteiger partial charge on any atom is -0.475 e. The van der Waals surface area contributed by atoms with Crippen LogP contribution in [0.15, 0.2) is 216 Å². The Balaban J connectivity index is 0.000000246. The molecule has 0 fully saturated rings. The van der Waals surface area contributed by atoms with Crippen molar-refractivity contribution in [2.75, 3.05) is 6.61 Å². The molecular formula is C70H52BF24IrNOP-. The maximum absolute atomic E-state index is 14.2. The van der Waals surface area contributed by atoms with Crippen molar-refractivity contribution in [2.24, 2.45) is 10.4 Å². The maximum atomic E-state index is 14.2. The van der Waals surface area contributed by atoms with Crippen molar-refractivity contribution in [3.8, 4) is 0 Å². The van der Waals surface area contributed by atoms with Crippen LogP contribution < -0.4 is 32.5 Å². The Morgan fingerprint density at radius 1 is 0.354 bits per heavy atom. The van der Waals surface area contributed by atoms with Gasteiger partial charge < -0.3 is 4.74 Å². The molecule has 1 heterocycles. The van der Waals surface area contributed by atoms with E-state index in [1.165, 1.54) is 47.4 Å². The molecule has 7 aromatic rings. The van der Waals surface area contributed by atoms with Gasteiger partial charge in [0.15, 0.2) is 0 Å². The van der Waals surface area contributed by atoms with Crippen LogP contribution in [0.3, 0.4) is 0 Å². The molecule has 0 bridgehead atoms. The summed E-state index contributed by atoms with van der Waals surface area (Å²) in [6.07, 6.45) is -31.3. The van der Waals surface area contributed by atoms with E-state index in [2.05, 4.69) is 127 Å². The molecule has 7 aromatic carbocycles. The van der Waals surface area contributed by atoms with Gasteiger partial charge in [-0.2, -0.15) is 127 Å². The van der Waals surface area contributed by atoms with Crippen molar-refractivity contribution in [1.82, 2.24) is 0 Å². The number of benzene rings is 7. The van der Waals surface area contributed by atoms with Gasteiger partial charge in [0.1, 0.15) is 18.8 Å². The third-order valence-corrected chi connectivity index (χ3v) is 19.7. The Labute approximate surface area is 565 Å². The second-order valence-corrected chi connectivity index (χ2v) is 25.6. The molecule has 1 aliphatic heterocycles. The van der Waals surface area contributed by atoms with Crippen molar-refractivity contribution >= 4 is 52.4 Å². The first-order valence-corrected chi connectivity index (χ1v) is 31.2. The van der Waals surface area contributed by atoms with E-state index in [9.17, 15) is 105 Å². The Kier molecular flexibility index (Phi) is 23.0. The van der Waals surface area contributed by atoms with Gasteiger partial charge in [0.2, 0.25) is 5.90 Å². The Morgan fingerprint density at radius 3 is 0.909 bits per heavy atom. The number of hydrogen-bond acceptors (Lipinski definition) is 2. The predicted octanol–water partition coefficient (Wildman–Crippen LogP) is 20.6. The number of hydrogen-bond donors (Lipinski definition) is 0. The summed E-state index contributed by atoms with van der Waals surface area (Å²) < 4.78 is 347. The molecule has 0 amide bonds. The molecule has 0 N–H and O–H groups in total. The standard InChI is InChI=1S/C32H12BF24.C30H28NOP.C8H12.Ir/c34-25(35,36)13-1-14(26(37,38)39)6-21(5-13)33(22-7-15(27(40,41)42)2-16(8-22)28(43,44)45,23-9-17(29(46,47)48)3-18(10-23)30(49,50)51)24-11-19(31(52,53)54)4-20(12-24)32(55,56)57;1-4-12-23(13-5-1)27-22-32-29(31-27)26-18-10-20-30(26)21-11-19-28(30)33(24-14-6-2-7-15-24)25-16-8-3-9-17-25;1-2-4-6-8-7-5-3-1;/h1-12H;1-9,12-19,27H,10-11,20-22H2;1-2,7-8H,3-6H2;/q-1;;;/b;;2-1-,8-7-;/t;27-,30+;;/m.1../s1. The maximum Gasteiger partial charge on any atom is 0.416 e. The second kappa shape index (κ2) is 29.6. The Morgan fingerprint density at radius 2 is 0.626 bits per heavy atom. The van der Waals surface area contributed by atoms with E-state index in [1.807, 2.05) is 0 Å². The molecule has 0 saturated carbocycles. The van der Waals surface area contributed by atoms with Gasteiger partial charge in [-0.25, -0.2) is 4.99 Å². The number of allylic oxidation sites excluding steroid dienone is 7. The van der Waals surface area contributed by atoms with Crippen molar-refractivity contribution in [3.05, 3.63) is 261 Å². The van der Waals surface area contributed by atoms with Gasteiger partial charge in [-0.15, -0.1) is 0 Å². The molecule has 29 heteroatoms. The van der Waals surface area contributed by atoms with Gasteiger partial charge in [-0.1, -0.05) is 176 Å². The van der Waals surface area contributed by atoms with Crippen LogP contribution in [-0.4, -0.2) is 18.7 Å². The summed E-state index contributed by atoms with van der Waals surface area (Å²) in [7, 11) is -0.598. The summed E-state index contributed by atoms with van der Waals surface area (Å²) in [6, 6.07) is 24.0. The largest absolute Gasteiger partial charge is 0.475 e. The fourth-order valence-electron chi connectivity index (χ4n) is 12.6. The number of alkyl halides is 24. The van der Waals surface area contributed by atoms with E-state index in [1.54, 1.807) is 5.31 Å². The van der Waals surface area contributed by atoms with E-state index >= 15 is 0 Å². The van der Waals surface area contributed by atoms with Crippen LogP contribution in [0.2, 0.25) is 0 Å². The van der Waals surface area contributed by atoms with Gasteiger partial charge in [-0.05, 0) is 105 Å². The van der Waals surface area contributed by atoms with Crippen LogP contribution in [0.25, 0.3) is 0 Å². The van der Waals surface area contributed by atoms with Crippen molar-refractivity contribution < 1.29 is 130 Å². The number of nitrogens with zero attached hydrogens (tertiary/aromatic N) is 1. The fourth-order valence-corrected chi connectivity index (χ4v) is 15.4. The smallest absolute Gasteiger partial charge is 0.416 e. The molecule has 0 aromatic heterocycles. The van der Waals surface area contributed by atoms with Gasteiger partial charge in [0.05, 0.1) is 44.5 Å². The normalized spacial score (nSPS) is 18.5. The molecule has 529 valence electrons. The zero-order chi connectivity index (χ0) is 71.7. The molecule has 2 atom stereocenters. The third kappa shape index (κ3) is 17.8. The Bertz CT molecular complexity index is 3620. The third-order valence-electron chi connectivity index (χ3n) is 16.9. The number of rotatable bonds is 9. The summed E-state index contributed by atoms with van der Waals surface area (Å²) >= 11 is 0. The van der Waals surface area contributed by atoms with E-state index in [0.717, 1.165) is 31.6 Å². The van der Waals surface area contributed by atoms with Crippen LogP contribution in [-0.2, 0) is 74.3 Å². The zero-order valence-electron chi connectivity index (χ0n) is 50.8. The van der Waals surface area contributed by atoms with Crippen molar-refractivity contribution in [2.45, 2.75) is 107 Å². The fraction of sp³-hybridized carbons (Fsp3) is 0.271. The van der Waals surface area contributed by atoms with Crippen LogP contribution >= 0.6 is 7.92 Å². The van der Waals surface area contributed by atoms with Crippen molar-refractivity contribution in [1.29, 1.82) is 0 Å². The molecule has 2 nitrogen and oxygen atoms in total. The average molecular weight is 1610 g/mol. The molecule has 0 unspecified atom stereocenters. The van der Waals surface area contributed by atoms with Crippen LogP contribution in [0.4, 0.5) is 105 Å². The van der Waals surface area contributed by atoms with Crippen LogP contribution in [0.5, 0.6) is 0 Å². The summed E-state index contributed by atoms with van der Waals surface area (Å²) in [5.41, 5.74) is -27.6. The van der Waals surface area contributed by atoms with Crippen LogP contribution in [0, 0.1) is 5.41 Å². The SMILES string of the molecule is C1=C(C2=N[C@@H](c3ccccc3)CO2)[C@]2(CC1)CCC=C2P(c1ccccc1)c1ccccc1.C1=C\CC/C=C\CC/1.FC(F)(F)c1cc([B-](c2cc(C(F)(F)F)cc(C(F)(F)F)c2)(c2cc(C(F)(F)F)cc(C(F)(F)F)c2)c2cc(C(F)(F)F)cc(C(F)(F)F)c2)cc(C(F)(F)F)c1.[Ir]. The van der Waals surface area contributed by atoms with E-state index in [4.69, 9.17) is 9.73 Å².